The second kappa shape index (κ2) is 4.88. The van der Waals surface area contributed by atoms with Crippen LogP contribution in [0.15, 0.2) is 23.1 Å². The Labute approximate surface area is 129 Å². The van der Waals surface area contributed by atoms with Crippen molar-refractivity contribution in [2.75, 3.05) is 25.0 Å². The number of anilines is 1. The molecule has 0 amide bonds. The fraction of sp³-hybridized carbons (Fsp3) is 0.385. The molecule has 21 heavy (non-hydrogen) atoms. The third-order valence-electron chi connectivity index (χ3n) is 3.93. The molecular weight excluding hydrogens is 334 g/mol. The van der Waals surface area contributed by atoms with Crippen molar-refractivity contribution in [3.05, 3.63) is 23.1 Å². The molecule has 3 aromatic heterocycles. The maximum atomic E-state index is 4.71. The van der Waals surface area contributed by atoms with Gasteiger partial charge in [-0.1, -0.05) is 0 Å². The maximum absolute atomic E-state index is 4.71. The zero-order valence-electron chi connectivity index (χ0n) is 11.5. The molecule has 3 aromatic rings. The van der Waals surface area contributed by atoms with Crippen molar-refractivity contribution < 1.29 is 0 Å². The lowest BCUT2D eigenvalue weighted by atomic mass is 10.3. The highest BCUT2D eigenvalue weighted by Crippen LogP contribution is 2.26. The normalized spacial score (nSPS) is 19.0. The molecule has 0 saturated carbocycles. The molecule has 1 fully saturated rings. The summed E-state index contributed by atoms with van der Waals surface area (Å²) in [5.41, 5.74) is 2.38. The summed E-state index contributed by atoms with van der Waals surface area (Å²) in [4.78, 5) is 11.4. The van der Waals surface area contributed by atoms with Crippen LogP contribution in [0.2, 0.25) is 0 Å². The molecule has 1 saturated heterocycles. The van der Waals surface area contributed by atoms with Crippen LogP contribution in [-0.4, -0.2) is 50.7 Å². The highest BCUT2D eigenvalue weighted by Gasteiger charge is 2.25. The molecule has 7 nitrogen and oxygen atoms in total. The smallest absolute Gasteiger partial charge is 0.204 e. The van der Waals surface area contributed by atoms with Gasteiger partial charge >= 0.3 is 0 Å². The van der Waals surface area contributed by atoms with Crippen LogP contribution in [0.5, 0.6) is 0 Å². The Bertz CT molecular complexity index is 815. The summed E-state index contributed by atoms with van der Waals surface area (Å²) in [5, 5.41) is 11.6. The lowest BCUT2D eigenvalue weighted by molar-refractivity contribution is 0.616. The van der Waals surface area contributed by atoms with Gasteiger partial charge in [-0.15, -0.1) is 10.2 Å². The predicted octanol–water partition coefficient (Wildman–Crippen LogP) is 1.23. The first-order chi connectivity index (χ1) is 10.3. The van der Waals surface area contributed by atoms with E-state index in [1.54, 1.807) is 12.5 Å². The molecule has 0 spiro atoms. The highest BCUT2D eigenvalue weighted by molar-refractivity contribution is 9.10. The summed E-state index contributed by atoms with van der Waals surface area (Å²) in [7, 11) is 1.99. The van der Waals surface area contributed by atoms with E-state index in [1.165, 1.54) is 0 Å². The monoisotopic (exact) mass is 347 g/mol. The Morgan fingerprint density at radius 3 is 3.14 bits per heavy atom. The van der Waals surface area contributed by atoms with Gasteiger partial charge in [-0.3, -0.25) is 4.40 Å². The fourth-order valence-electron chi connectivity index (χ4n) is 2.80. The Morgan fingerprint density at radius 1 is 1.43 bits per heavy atom. The molecule has 0 unspecified atom stereocenters. The lowest BCUT2D eigenvalue weighted by Gasteiger charge is -2.18. The molecule has 108 valence electrons. The number of nitrogens with zero attached hydrogens (tertiary/aromatic N) is 6. The Hall–Kier alpha value is -1.80. The minimum Gasteiger partial charge on any atom is -0.352 e. The number of hydrogen-bond acceptors (Lipinski definition) is 6. The SMILES string of the molecule is CN[C@@H]1CCN(c2nc3ncc(Br)cc3n3cnnc23)C1. The average molecular weight is 348 g/mol. The summed E-state index contributed by atoms with van der Waals surface area (Å²) in [5.74, 6) is 0.854. The summed E-state index contributed by atoms with van der Waals surface area (Å²) in [6.07, 6.45) is 4.57. The van der Waals surface area contributed by atoms with Crippen molar-refractivity contribution in [2.24, 2.45) is 0 Å². The highest BCUT2D eigenvalue weighted by atomic mass is 79.9. The molecule has 0 aromatic carbocycles. The number of nitrogens with one attached hydrogen (secondary N) is 1. The van der Waals surface area contributed by atoms with Gasteiger partial charge in [0.2, 0.25) is 5.65 Å². The van der Waals surface area contributed by atoms with E-state index in [-0.39, 0.29) is 0 Å². The van der Waals surface area contributed by atoms with Crippen molar-refractivity contribution in [1.29, 1.82) is 0 Å². The van der Waals surface area contributed by atoms with Crippen molar-refractivity contribution in [1.82, 2.24) is 29.9 Å². The molecule has 0 bridgehead atoms. The van der Waals surface area contributed by atoms with Crippen LogP contribution in [-0.2, 0) is 0 Å². The Kier molecular flexibility index (Phi) is 3.00. The molecular formula is C13H14BrN7. The van der Waals surface area contributed by atoms with Gasteiger partial charge in [0.25, 0.3) is 0 Å². The van der Waals surface area contributed by atoms with Gasteiger partial charge in [0, 0.05) is 29.8 Å². The number of pyridine rings is 1. The van der Waals surface area contributed by atoms with Crippen LogP contribution in [0.4, 0.5) is 5.82 Å². The lowest BCUT2D eigenvalue weighted by Crippen LogP contribution is -2.30. The van der Waals surface area contributed by atoms with E-state index in [0.29, 0.717) is 11.7 Å². The minimum absolute atomic E-state index is 0.489. The largest absolute Gasteiger partial charge is 0.352 e. The third-order valence-corrected chi connectivity index (χ3v) is 4.36. The van der Waals surface area contributed by atoms with Crippen molar-refractivity contribution in [3.63, 3.8) is 0 Å². The predicted molar refractivity (Wildman–Crippen MR) is 83.5 cm³/mol. The first-order valence-corrected chi connectivity index (χ1v) is 7.63. The summed E-state index contributed by atoms with van der Waals surface area (Å²) < 4.78 is 2.86. The number of halogens is 1. The van der Waals surface area contributed by atoms with E-state index in [9.17, 15) is 0 Å². The number of rotatable bonds is 2. The minimum atomic E-state index is 0.489. The first kappa shape index (κ1) is 12.9. The van der Waals surface area contributed by atoms with E-state index in [0.717, 1.165) is 41.0 Å². The number of fused-ring (bicyclic) bond motifs is 3. The molecule has 8 heteroatoms. The third kappa shape index (κ3) is 2.06. The number of likely N-dealkylation sites (N-methyl/N-ethyl adjacent to an activating group) is 1. The second-order valence-electron chi connectivity index (χ2n) is 5.18. The summed E-state index contributed by atoms with van der Waals surface area (Å²) >= 11 is 3.45. The van der Waals surface area contributed by atoms with E-state index in [4.69, 9.17) is 4.98 Å². The van der Waals surface area contributed by atoms with Gasteiger partial charge in [0.15, 0.2) is 11.5 Å². The summed E-state index contributed by atoms with van der Waals surface area (Å²) in [6, 6.07) is 2.47. The second-order valence-corrected chi connectivity index (χ2v) is 6.09. The van der Waals surface area contributed by atoms with Gasteiger partial charge < -0.3 is 10.2 Å². The van der Waals surface area contributed by atoms with Crippen molar-refractivity contribution in [2.45, 2.75) is 12.5 Å². The van der Waals surface area contributed by atoms with Crippen LogP contribution < -0.4 is 10.2 Å². The molecule has 1 aliphatic rings. The zero-order valence-corrected chi connectivity index (χ0v) is 13.1. The molecule has 0 radical (unpaired) electrons. The van der Waals surface area contributed by atoms with Gasteiger partial charge in [0.05, 0.1) is 5.52 Å². The number of hydrogen-bond donors (Lipinski definition) is 1. The quantitative estimate of drug-likeness (QED) is 0.751. The van der Waals surface area contributed by atoms with Crippen LogP contribution >= 0.6 is 15.9 Å². The molecule has 4 rings (SSSR count). The molecule has 4 heterocycles. The van der Waals surface area contributed by atoms with E-state index in [2.05, 4.69) is 41.3 Å². The Balaban J connectivity index is 1.92. The van der Waals surface area contributed by atoms with Crippen LogP contribution in [0.3, 0.4) is 0 Å². The van der Waals surface area contributed by atoms with E-state index in [1.807, 2.05) is 17.5 Å². The molecule has 1 atom stereocenters. The first-order valence-electron chi connectivity index (χ1n) is 6.83. The Morgan fingerprint density at radius 2 is 2.33 bits per heavy atom. The average Bonchev–Trinajstić information content (AvgIpc) is 3.16. The molecule has 1 N–H and O–H groups in total. The van der Waals surface area contributed by atoms with E-state index >= 15 is 0 Å². The maximum Gasteiger partial charge on any atom is 0.204 e. The standard InChI is InChI=1S/C13H14BrN7/c1-15-9-2-3-20(6-9)12-13-19-17-7-21(13)10-4-8(14)5-16-11(10)18-12/h4-5,7,9,15H,2-3,6H2,1H3/t9-/m1/s1. The van der Waals surface area contributed by atoms with Crippen LogP contribution in [0, 0.1) is 0 Å². The van der Waals surface area contributed by atoms with Crippen LogP contribution in [0.1, 0.15) is 6.42 Å². The zero-order chi connectivity index (χ0) is 14.4. The molecule has 1 aliphatic heterocycles. The van der Waals surface area contributed by atoms with Gasteiger partial charge in [-0.05, 0) is 35.5 Å². The van der Waals surface area contributed by atoms with Gasteiger partial charge in [-0.2, -0.15) is 0 Å². The molecule has 0 aliphatic carbocycles. The van der Waals surface area contributed by atoms with E-state index < -0.39 is 0 Å². The van der Waals surface area contributed by atoms with Crippen molar-refractivity contribution in [3.8, 4) is 0 Å². The van der Waals surface area contributed by atoms with Crippen molar-refractivity contribution >= 4 is 38.6 Å². The van der Waals surface area contributed by atoms with Gasteiger partial charge in [0.1, 0.15) is 6.33 Å². The summed E-state index contributed by atoms with van der Waals surface area (Å²) in [6.45, 7) is 1.89. The van der Waals surface area contributed by atoms with Gasteiger partial charge in [-0.25, -0.2) is 9.97 Å². The topological polar surface area (TPSA) is 71.2 Å². The fourth-order valence-corrected chi connectivity index (χ4v) is 3.12. The number of aromatic nitrogens is 5. The van der Waals surface area contributed by atoms with Crippen LogP contribution in [0.25, 0.3) is 16.8 Å².